The highest BCUT2D eigenvalue weighted by Crippen LogP contribution is 2.24. The number of allylic oxidation sites excluding steroid dienone is 1. The van der Waals surface area contributed by atoms with Gasteiger partial charge in [-0.3, -0.25) is 9.35 Å². The smallest absolute Gasteiger partial charge is 0.361 e. The van der Waals surface area contributed by atoms with Crippen molar-refractivity contribution in [2.45, 2.75) is 4.90 Å². The van der Waals surface area contributed by atoms with Gasteiger partial charge in [-0.25, -0.2) is 0 Å². The molecule has 0 amide bonds. The summed E-state index contributed by atoms with van der Waals surface area (Å²) in [5.41, 5.74) is 8.46. The molecule has 0 aromatic heterocycles. The number of ketones is 1. The second-order valence-electron chi connectivity index (χ2n) is 3.34. The van der Waals surface area contributed by atoms with E-state index in [9.17, 15) is 13.2 Å². The SMILES string of the molecule is [N-]=[N+]=C1C=Cc2cccc(S(=O)(=O)O)c2C1=O. The molecule has 0 spiro atoms. The van der Waals surface area contributed by atoms with Crippen LogP contribution >= 0.6 is 0 Å². The van der Waals surface area contributed by atoms with Gasteiger partial charge in [-0.2, -0.15) is 13.2 Å². The van der Waals surface area contributed by atoms with Crippen LogP contribution in [0.1, 0.15) is 15.9 Å². The van der Waals surface area contributed by atoms with Gasteiger partial charge in [0.05, 0.1) is 5.56 Å². The molecule has 1 N–H and O–H groups in total. The maximum absolute atomic E-state index is 11.8. The normalized spacial score (nSPS) is 14.4. The summed E-state index contributed by atoms with van der Waals surface area (Å²) in [4.78, 5) is 14.1. The van der Waals surface area contributed by atoms with Crippen LogP contribution in [0.5, 0.6) is 0 Å². The molecule has 0 atom stereocenters. The summed E-state index contributed by atoms with van der Waals surface area (Å²) >= 11 is 0. The molecule has 0 saturated heterocycles. The fourth-order valence-electron chi connectivity index (χ4n) is 1.60. The third-order valence-electron chi connectivity index (χ3n) is 2.32. The van der Waals surface area contributed by atoms with E-state index in [1.165, 1.54) is 24.3 Å². The number of Topliss-reactive ketones (excluding diaryl/α,β-unsaturated/α-hetero) is 1. The van der Waals surface area contributed by atoms with Crippen molar-refractivity contribution in [3.05, 3.63) is 40.9 Å². The highest BCUT2D eigenvalue weighted by molar-refractivity contribution is 7.86. The maximum atomic E-state index is 11.8. The molecule has 1 aromatic carbocycles. The molecule has 7 heteroatoms. The predicted octanol–water partition coefficient (Wildman–Crippen LogP) is 0.814. The molecule has 1 aliphatic rings. The molecule has 0 heterocycles. The molecular formula is C10H6N2O4S. The van der Waals surface area contributed by atoms with Gasteiger partial charge in [-0.05, 0) is 17.7 Å². The lowest BCUT2D eigenvalue weighted by Gasteiger charge is -2.09. The van der Waals surface area contributed by atoms with Gasteiger partial charge in [0.25, 0.3) is 15.9 Å². The van der Waals surface area contributed by atoms with Crippen LogP contribution in [0.4, 0.5) is 0 Å². The van der Waals surface area contributed by atoms with Gasteiger partial charge in [0.2, 0.25) is 0 Å². The minimum atomic E-state index is -4.50. The number of carbonyl (C=O) groups excluding carboxylic acids is 1. The van der Waals surface area contributed by atoms with Crippen LogP contribution in [0, 0.1) is 0 Å². The fraction of sp³-hybridized carbons (Fsp3) is 0. The van der Waals surface area contributed by atoms with Crippen LogP contribution in [0.25, 0.3) is 11.6 Å². The van der Waals surface area contributed by atoms with Gasteiger partial charge in [0.15, 0.2) is 0 Å². The molecule has 86 valence electrons. The van der Waals surface area contributed by atoms with Crippen molar-refractivity contribution < 1.29 is 22.6 Å². The first-order valence-electron chi connectivity index (χ1n) is 4.50. The molecule has 0 unspecified atom stereocenters. The van der Waals surface area contributed by atoms with Gasteiger partial charge in [0, 0.05) is 6.08 Å². The maximum Gasteiger partial charge on any atom is 0.362 e. The number of benzene rings is 1. The van der Waals surface area contributed by atoms with Crippen molar-refractivity contribution >= 4 is 27.7 Å². The zero-order valence-corrected chi connectivity index (χ0v) is 9.18. The highest BCUT2D eigenvalue weighted by Gasteiger charge is 2.31. The molecule has 0 aliphatic heterocycles. The number of hydrogen-bond donors (Lipinski definition) is 1. The van der Waals surface area contributed by atoms with Crippen LogP contribution in [0.2, 0.25) is 0 Å². The number of hydrogen-bond acceptors (Lipinski definition) is 3. The molecule has 0 saturated carbocycles. The van der Waals surface area contributed by atoms with E-state index in [1.807, 2.05) is 0 Å². The van der Waals surface area contributed by atoms with E-state index in [-0.39, 0.29) is 11.3 Å². The van der Waals surface area contributed by atoms with E-state index in [0.29, 0.717) is 5.56 Å². The lowest BCUT2D eigenvalue weighted by Crippen LogP contribution is -2.21. The van der Waals surface area contributed by atoms with E-state index < -0.39 is 20.8 Å². The van der Waals surface area contributed by atoms with Crippen molar-refractivity contribution in [2.24, 2.45) is 0 Å². The van der Waals surface area contributed by atoms with E-state index in [1.54, 1.807) is 0 Å². The Hall–Kier alpha value is -2.08. The Balaban J connectivity index is 2.85. The van der Waals surface area contributed by atoms with Gasteiger partial charge in [-0.1, -0.05) is 12.1 Å². The molecule has 0 fully saturated rings. The van der Waals surface area contributed by atoms with Crippen molar-refractivity contribution in [1.29, 1.82) is 0 Å². The molecule has 0 bridgehead atoms. The standard InChI is InChI=1S/C10H6N2O4S/c11-12-7-5-4-6-2-1-3-8(17(14,15)16)9(6)10(7)13/h1-5H,(H,14,15,16). The Morgan fingerprint density at radius 1 is 1.24 bits per heavy atom. The van der Waals surface area contributed by atoms with Crippen LogP contribution < -0.4 is 0 Å². The first kappa shape index (κ1) is 11.4. The van der Waals surface area contributed by atoms with Gasteiger partial charge in [0.1, 0.15) is 4.90 Å². The number of nitrogens with zero attached hydrogens (tertiary/aromatic N) is 2. The minimum Gasteiger partial charge on any atom is -0.361 e. The Morgan fingerprint density at radius 2 is 1.94 bits per heavy atom. The Bertz CT molecular complexity index is 697. The summed E-state index contributed by atoms with van der Waals surface area (Å²) in [6, 6.07) is 4.04. The van der Waals surface area contributed by atoms with E-state index in [4.69, 9.17) is 10.1 Å². The predicted molar refractivity (Wildman–Crippen MR) is 58.2 cm³/mol. The largest absolute Gasteiger partial charge is 0.362 e. The molecule has 17 heavy (non-hydrogen) atoms. The first-order chi connectivity index (χ1) is 7.95. The van der Waals surface area contributed by atoms with Gasteiger partial charge in [-0.15, -0.1) is 0 Å². The number of carbonyl (C=O) groups is 1. The summed E-state index contributed by atoms with van der Waals surface area (Å²) < 4.78 is 31.3. The van der Waals surface area contributed by atoms with E-state index in [0.717, 1.165) is 6.07 Å². The summed E-state index contributed by atoms with van der Waals surface area (Å²) in [5.74, 6) is -0.752. The van der Waals surface area contributed by atoms with Crippen LogP contribution in [0.3, 0.4) is 0 Å². The van der Waals surface area contributed by atoms with Crippen molar-refractivity contribution in [2.75, 3.05) is 0 Å². The second-order valence-corrected chi connectivity index (χ2v) is 4.73. The fourth-order valence-corrected chi connectivity index (χ4v) is 2.32. The lowest BCUT2D eigenvalue weighted by molar-refractivity contribution is -0.00438. The lowest BCUT2D eigenvalue weighted by atomic mass is 9.95. The van der Waals surface area contributed by atoms with Crippen LogP contribution in [-0.2, 0) is 10.1 Å². The Labute approximate surface area is 96.6 Å². The molecule has 1 aliphatic carbocycles. The Morgan fingerprint density at radius 3 is 2.53 bits per heavy atom. The molecule has 6 nitrogen and oxygen atoms in total. The quantitative estimate of drug-likeness (QED) is 0.452. The minimum absolute atomic E-state index is 0.190. The topological polar surface area (TPSA) is 108 Å². The zero-order valence-electron chi connectivity index (χ0n) is 8.36. The third kappa shape index (κ3) is 1.83. The first-order valence-corrected chi connectivity index (χ1v) is 5.94. The number of rotatable bonds is 1. The second kappa shape index (κ2) is 3.74. The van der Waals surface area contributed by atoms with Crippen molar-refractivity contribution in [3.8, 4) is 0 Å². The van der Waals surface area contributed by atoms with Gasteiger partial charge < -0.3 is 5.53 Å². The summed E-state index contributed by atoms with van der Waals surface area (Å²) in [7, 11) is -4.50. The van der Waals surface area contributed by atoms with Crippen LogP contribution in [0.15, 0.2) is 29.2 Å². The molecule has 1 aromatic rings. The monoisotopic (exact) mass is 250 g/mol. The van der Waals surface area contributed by atoms with E-state index in [2.05, 4.69) is 4.79 Å². The highest BCUT2D eigenvalue weighted by atomic mass is 32.2. The number of fused-ring (bicyclic) bond motifs is 1. The van der Waals surface area contributed by atoms with Crippen molar-refractivity contribution in [1.82, 2.24) is 0 Å². The molecule has 2 rings (SSSR count). The van der Waals surface area contributed by atoms with Gasteiger partial charge >= 0.3 is 5.71 Å². The summed E-state index contributed by atoms with van der Waals surface area (Å²) in [6.45, 7) is 0. The average molecular weight is 250 g/mol. The third-order valence-corrected chi connectivity index (χ3v) is 3.22. The zero-order chi connectivity index (χ0) is 12.6. The Kier molecular flexibility index (Phi) is 2.51. The summed E-state index contributed by atoms with van der Waals surface area (Å²) in [5, 5.41) is 0. The van der Waals surface area contributed by atoms with Crippen molar-refractivity contribution in [3.63, 3.8) is 0 Å². The summed E-state index contributed by atoms with van der Waals surface area (Å²) in [6.07, 6.45) is 2.69. The molecular weight excluding hydrogens is 244 g/mol. The van der Waals surface area contributed by atoms with Crippen LogP contribution in [-0.4, -0.2) is 29.3 Å². The molecule has 0 radical (unpaired) electrons. The van der Waals surface area contributed by atoms with E-state index >= 15 is 0 Å². The average Bonchev–Trinajstić information content (AvgIpc) is 2.28.